The van der Waals surface area contributed by atoms with Crippen LogP contribution in [0.5, 0.6) is 0 Å². The van der Waals surface area contributed by atoms with Crippen LogP contribution in [0, 0.1) is 12.7 Å². The smallest absolute Gasteiger partial charge is 0.238 e. The first-order chi connectivity index (χ1) is 14.4. The Morgan fingerprint density at radius 3 is 2.43 bits per heavy atom. The molecule has 1 heterocycles. The van der Waals surface area contributed by atoms with Crippen LogP contribution in [0.4, 0.5) is 10.1 Å². The van der Waals surface area contributed by atoms with E-state index in [4.69, 9.17) is 0 Å². The molecule has 0 aromatic heterocycles. The molecule has 7 heteroatoms. The van der Waals surface area contributed by atoms with Gasteiger partial charge < -0.3 is 10.2 Å². The molecule has 2 amide bonds. The van der Waals surface area contributed by atoms with E-state index in [1.807, 2.05) is 21.7 Å². The molecule has 6 nitrogen and oxygen atoms in total. The first-order valence-electron chi connectivity index (χ1n) is 10.2. The van der Waals surface area contributed by atoms with Crippen molar-refractivity contribution in [1.82, 2.24) is 14.7 Å². The van der Waals surface area contributed by atoms with E-state index in [1.54, 1.807) is 12.1 Å². The third-order valence-electron chi connectivity index (χ3n) is 5.18. The number of nitrogens with one attached hydrogen (secondary N) is 1. The average molecular weight is 413 g/mol. The summed E-state index contributed by atoms with van der Waals surface area (Å²) in [5.74, 6) is -0.459. The third kappa shape index (κ3) is 6.64. The fourth-order valence-electron chi connectivity index (χ4n) is 3.52. The Hall–Kier alpha value is -2.77. The molecular formula is C23H29FN4O2. The summed E-state index contributed by atoms with van der Waals surface area (Å²) in [5, 5.41) is 2.71. The molecule has 0 spiro atoms. The van der Waals surface area contributed by atoms with Crippen LogP contribution in [0.3, 0.4) is 0 Å². The number of aryl methyl sites for hydroxylation is 1. The zero-order valence-corrected chi connectivity index (χ0v) is 17.6. The van der Waals surface area contributed by atoms with E-state index in [1.165, 1.54) is 23.3 Å². The van der Waals surface area contributed by atoms with E-state index < -0.39 is 0 Å². The first kappa shape index (κ1) is 21.9. The van der Waals surface area contributed by atoms with Crippen LogP contribution in [0.15, 0.2) is 48.5 Å². The van der Waals surface area contributed by atoms with Gasteiger partial charge in [-0.3, -0.25) is 19.4 Å². The first-order valence-corrected chi connectivity index (χ1v) is 10.2. The molecule has 0 radical (unpaired) electrons. The minimum atomic E-state index is -0.382. The van der Waals surface area contributed by atoms with Gasteiger partial charge in [0.1, 0.15) is 5.82 Å². The molecule has 1 fully saturated rings. The van der Waals surface area contributed by atoms with Crippen LogP contribution in [-0.4, -0.2) is 72.8 Å². The molecule has 0 saturated carbocycles. The van der Waals surface area contributed by atoms with Crippen molar-refractivity contribution in [1.29, 1.82) is 0 Å². The molecule has 0 unspecified atom stereocenters. The number of likely N-dealkylation sites (N-methyl/N-ethyl adjacent to an activating group) is 1. The van der Waals surface area contributed by atoms with E-state index in [0.29, 0.717) is 38.4 Å². The molecule has 160 valence electrons. The van der Waals surface area contributed by atoms with E-state index in [9.17, 15) is 14.0 Å². The fraction of sp³-hybridized carbons (Fsp3) is 0.391. The number of benzene rings is 2. The number of hydrogen-bond donors (Lipinski definition) is 1. The van der Waals surface area contributed by atoms with Gasteiger partial charge in [0.15, 0.2) is 0 Å². The van der Waals surface area contributed by atoms with E-state index in [-0.39, 0.29) is 24.2 Å². The summed E-state index contributed by atoms with van der Waals surface area (Å²) in [6.07, 6.45) is 0. The van der Waals surface area contributed by atoms with Crippen molar-refractivity contribution in [3.05, 3.63) is 65.5 Å². The van der Waals surface area contributed by atoms with Gasteiger partial charge in [-0.15, -0.1) is 0 Å². The second kappa shape index (κ2) is 10.3. The van der Waals surface area contributed by atoms with Gasteiger partial charge in [-0.2, -0.15) is 0 Å². The maximum Gasteiger partial charge on any atom is 0.238 e. The minimum Gasteiger partial charge on any atom is -0.339 e. The van der Waals surface area contributed by atoms with E-state index in [0.717, 1.165) is 6.54 Å². The van der Waals surface area contributed by atoms with E-state index >= 15 is 0 Å². The number of hydrogen-bond acceptors (Lipinski definition) is 4. The second-order valence-electron chi connectivity index (χ2n) is 7.87. The van der Waals surface area contributed by atoms with Crippen molar-refractivity contribution in [3.63, 3.8) is 0 Å². The lowest BCUT2D eigenvalue weighted by Crippen LogP contribution is -2.52. The molecule has 1 aliphatic rings. The summed E-state index contributed by atoms with van der Waals surface area (Å²) >= 11 is 0. The number of anilines is 1. The Balaban J connectivity index is 1.39. The summed E-state index contributed by atoms with van der Waals surface area (Å²) < 4.78 is 13.2. The number of rotatable bonds is 7. The third-order valence-corrected chi connectivity index (χ3v) is 5.18. The summed E-state index contributed by atoms with van der Waals surface area (Å²) in [6, 6.07) is 14.2. The van der Waals surface area contributed by atoms with Gasteiger partial charge in [0.05, 0.1) is 13.1 Å². The van der Waals surface area contributed by atoms with Crippen molar-refractivity contribution >= 4 is 17.5 Å². The highest BCUT2D eigenvalue weighted by molar-refractivity contribution is 5.92. The average Bonchev–Trinajstić information content (AvgIpc) is 2.70. The summed E-state index contributed by atoms with van der Waals surface area (Å²) in [6.45, 7) is 5.87. The molecule has 2 aromatic rings. The van der Waals surface area contributed by atoms with Crippen molar-refractivity contribution in [3.8, 4) is 0 Å². The topological polar surface area (TPSA) is 55.9 Å². The lowest BCUT2D eigenvalue weighted by molar-refractivity contribution is -0.134. The maximum absolute atomic E-state index is 13.2. The molecule has 1 aliphatic heterocycles. The monoisotopic (exact) mass is 412 g/mol. The van der Waals surface area contributed by atoms with Gasteiger partial charge in [0.25, 0.3) is 0 Å². The number of carbonyl (C=O) groups excluding carboxylic acids is 2. The number of nitrogens with zero attached hydrogens (tertiary/aromatic N) is 3. The summed E-state index contributed by atoms with van der Waals surface area (Å²) in [4.78, 5) is 30.7. The largest absolute Gasteiger partial charge is 0.339 e. The minimum absolute atomic E-state index is 0.105. The second-order valence-corrected chi connectivity index (χ2v) is 7.87. The van der Waals surface area contributed by atoms with Gasteiger partial charge in [-0.1, -0.05) is 35.9 Å². The number of piperazine rings is 1. The van der Waals surface area contributed by atoms with Crippen LogP contribution in [0.1, 0.15) is 11.1 Å². The van der Waals surface area contributed by atoms with Gasteiger partial charge in [-0.05, 0) is 37.7 Å². The van der Waals surface area contributed by atoms with Gasteiger partial charge >= 0.3 is 0 Å². The Morgan fingerprint density at radius 2 is 1.77 bits per heavy atom. The van der Waals surface area contributed by atoms with Crippen LogP contribution in [0.2, 0.25) is 0 Å². The lowest BCUT2D eigenvalue weighted by Gasteiger charge is -2.35. The van der Waals surface area contributed by atoms with Crippen LogP contribution in [0.25, 0.3) is 0 Å². The van der Waals surface area contributed by atoms with Crippen LogP contribution < -0.4 is 5.32 Å². The number of carbonyl (C=O) groups is 2. The van der Waals surface area contributed by atoms with E-state index in [2.05, 4.69) is 36.5 Å². The Kier molecular flexibility index (Phi) is 7.54. The highest BCUT2D eigenvalue weighted by atomic mass is 19.1. The Morgan fingerprint density at radius 1 is 1.07 bits per heavy atom. The van der Waals surface area contributed by atoms with Crippen molar-refractivity contribution < 1.29 is 14.0 Å². The van der Waals surface area contributed by atoms with Crippen molar-refractivity contribution in [2.75, 3.05) is 51.6 Å². The van der Waals surface area contributed by atoms with Crippen LogP contribution in [-0.2, 0) is 16.1 Å². The predicted octanol–water partition coefficient (Wildman–Crippen LogP) is 2.35. The lowest BCUT2D eigenvalue weighted by atomic mass is 10.1. The standard InChI is InChI=1S/C23H29FN4O2/c1-18-6-8-19(9-7-18)15-26(2)17-23(30)28-12-10-27(11-13-28)16-22(29)25-21-5-3-4-20(24)14-21/h3-9,14H,10-13,15-17H2,1-2H3,(H,25,29). The van der Waals surface area contributed by atoms with Gasteiger partial charge in [0.2, 0.25) is 11.8 Å². The Bertz CT molecular complexity index is 864. The molecule has 0 bridgehead atoms. The molecule has 3 rings (SSSR count). The SMILES string of the molecule is Cc1ccc(CN(C)CC(=O)N2CCN(CC(=O)Nc3cccc(F)c3)CC2)cc1. The molecule has 30 heavy (non-hydrogen) atoms. The zero-order chi connectivity index (χ0) is 21.5. The fourth-order valence-corrected chi connectivity index (χ4v) is 3.52. The molecule has 0 atom stereocenters. The van der Waals surface area contributed by atoms with Gasteiger partial charge in [-0.25, -0.2) is 4.39 Å². The molecule has 2 aromatic carbocycles. The highest BCUT2D eigenvalue weighted by Crippen LogP contribution is 2.10. The van der Waals surface area contributed by atoms with Crippen molar-refractivity contribution in [2.24, 2.45) is 0 Å². The zero-order valence-electron chi connectivity index (χ0n) is 17.6. The molecule has 0 aliphatic carbocycles. The normalized spacial score (nSPS) is 14.7. The quantitative estimate of drug-likeness (QED) is 0.759. The van der Waals surface area contributed by atoms with Crippen LogP contribution >= 0.6 is 0 Å². The maximum atomic E-state index is 13.2. The molecule has 1 saturated heterocycles. The summed E-state index contributed by atoms with van der Waals surface area (Å²) in [5.41, 5.74) is 2.86. The molecular weight excluding hydrogens is 383 g/mol. The predicted molar refractivity (Wildman–Crippen MR) is 116 cm³/mol. The van der Waals surface area contributed by atoms with Gasteiger partial charge in [0, 0.05) is 38.4 Å². The number of halogens is 1. The molecule has 1 N–H and O–H groups in total. The number of amides is 2. The Labute approximate surface area is 177 Å². The highest BCUT2D eigenvalue weighted by Gasteiger charge is 2.23. The van der Waals surface area contributed by atoms with Crippen molar-refractivity contribution in [2.45, 2.75) is 13.5 Å². The summed E-state index contributed by atoms with van der Waals surface area (Å²) in [7, 11) is 1.95.